The molecule has 0 spiro atoms. The van der Waals surface area contributed by atoms with Crippen molar-refractivity contribution >= 4 is 33.3 Å². The molecule has 3 rings (SSSR count). The van der Waals surface area contributed by atoms with Gasteiger partial charge >= 0.3 is 0 Å². The number of ether oxygens (including phenoxy) is 1. The van der Waals surface area contributed by atoms with E-state index >= 15 is 0 Å². The van der Waals surface area contributed by atoms with Gasteiger partial charge in [0.2, 0.25) is 0 Å². The molecule has 1 amide bonds. The Morgan fingerprint density at radius 1 is 1.16 bits per heavy atom. The predicted octanol–water partition coefficient (Wildman–Crippen LogP) is 3.46. The smallest absolute Gasteiger partial charge is 0.268 e. The number of halogens is 1. The topological polar surface area (TPSA) is 145 Å². The molecule has 0 radical (unpaired) electrons. The Hall–Kier alpha value is -4.08. The summed E-state index contributed by atoms with van der Waals surface area (Å²) in [5.74, 6) is -0.353. The first-order chi connectivity index (χ1) is 14.8. The summed E-state index contributed by atoms with van der Waals surface area (Å²) in [6, 6.07) is 15.8. The van der Waals surface area contributed by atoms with Gasteiger partial charge in [-0.25, -0.2) is 0 Å². The highest BCUT2D eigenvalue weighted by Crippen LogP contribution is 2.37. The Morgan fingerprint density at radius 3 is 2.48 bits per heavy atom. The molecule has 1 heterocycles. The number of aryl methyl sites for hydroxylation is 1. The van der Waals surface area contributed by atoms with Crippen LogP contribution in [0.2, 0.25) is 0 Å². The number of amides is 1. The fourth-order valence-electron chi connectivity index (χ4n) is 2.91. The number of aromatic amines is 1. The van der Waals surface area contributed by atoms with Crippen molar-refractivity contribution in [3.8, 4) is 29.0 Å². The van der Waals surface area contributed by atoms with Crippen molar-refractivity contribution < 1.29 is 9.53 Å². The number of benzene rings is 2. The highest BCUT2D eigenvalue weighted by atomic mass is 79.9. The van der Waals surface area contributed by atoms with Gasteiger partial charge in [-0.3, -0.25) is 9.59 Å². The SMILES string of the molecule is Cc1ccc(NC(=O)COc2ccc(Br)cc2-c2c(C#N)c(N)[nH]c(=O)c2C#N)cc1. The lowest BCUT2D eigenvalue weighted by atomic mass is 9.96. The monoisotopic (exact) mass is 477 g/mol. The third-order valence-corrected chi connectivity index (χ3v) is 4.87. The molecule has 0 bridgehead atoms. The minimum Gasteiger partial charge on any atom is -0.483 e. The standard InChI is InChI=1S/C22H16BrN5O3/c1-12-2-5-14(6-3-12)27-19(29)11-31-18-7-4-13(23)8-15(18)20-16(9-24)21(26)28-22(30)17(20)10-25/h2-8H,11H2,1H3,(H,27,29)(H3,26,28,30). The van der Waals surface area contributed by atoms with Crippen LogP contribution in [0.1, 0.15) is 16.7 Å². The lowest BCUT2D eigenvalue weighted by molar-refractivity contribution is -0.118. The number of pyridine rings is 1. The predicted molar refractivity (Wildman–Crippen MR) is 119 cm³/mol. The quantitative estimate of drug-likeness (QED) is 0.512. The van der Waals surface area contributed by atoms with Crippen LogP contribution in [0.25, 0.3) is 11.1 Å². The molecular formula is C22H16BrN5O3. The second kappa shape index (κ2) is 9.16. The van der Waals surface area contributed by atoms with E-state index < -0.39 is 11.5 Å². The van der Waals surface area contributed by atoms with Crippen molar-refractivity contribution in [3.05, 3.63) is 74.0 Å². The summed E-state index contributed by atoms with van der Waals surface area (Å²) < 4.78 is 6.29. The van der Waals surface area contributed by atoms with E-state index in [9.17, 15) is 20.1 Å². The van der Waals surface area contributed by atoms with E-state index in [-0.39, 0.29) is 40.4 Å². The van der Waals surface area contributed by atoms with Crippen molar-refractivity contribution in [3.63, 3.8) is 0 Å². The summed E-state index contributed by atoms with van der Waals surface area (Å²) in [7, 11) is 0. The lowest BCUT2D eigenvalue weighted by Crippen LogP contribution is -2.20. The molecule has 0 aliphatic carbocycles. The molecule has 4 N–H and O–H groups in total. The fraction of sp³-hybridized carbons (Fsp3) is 0.0909. The number of hydrogen-bond acceptors (Lipinski definition) is 6. The number of hydrogen-bond donors (Lipinski definition) is 3. The Kier molecular flexibility index (Phi) is 6.39. The molecule has 154 valence electrons. The van der Waals surface area contributed by atoms with Crippen molar-refractivity contribution in [2.75, 3.05) is 17.7 Å². The zero-order valence-corrected chi connectivity index (χ0v) is 17.9. The number of carbonyl (C=O) groups is 1. The number of nitrogens with zero attached hydrogens (tertiary/aromatic N) is 2. The molecule has 0 aliphatic rings. The van der Waals surface area contributed by atoms with Crippen LogP contribution in [0.15, 0.2) is 51.7 Å². The fourth-order valence-corrected chi connectivity index (χ4v) is 3.27. The molecule has 1 aromatic heterocycles. The summed E-state index contributed by atoms with van der Waals surface area (Å²) >= 11 is 3.34. The number of carbonyl (C=O) groups excluding carboxylic acids is 1. The highest BCUT2D eigenvalue weighted by Gasteiger charge is 2.22. The van der Waals surface area contributed by atoms with Crippen molar-refractivity contribution in [1.82, 2.24) is 4.98 Å². The number of H-pyrrole nitrogens is 1. The molecule has 0 saturated heterocycles. The number of aromatic nitrogens is 1. The molecule has 3 aromatic rings. The maximum Gasteiger partial charge on any atom is 0.268 e. The summed E-state index contributed by atoms with van der Waals surface area (Å²) in [4.78, 5) is 26.8. The van der Waals surface area contributed by atoms with Crippen molar-refractivity contribution in [1.29, 1.82) is 10.5 Å². The van der Waals surface area contributed by atoms with Gasteiger partial charge in [-0.15, -0.1) is 0 Å². The molecule has 2 aromatic carbocycles. The summed E-state index contributed by atoms with van der Waals surface area (Å²) in [6.45, 7) is 1.61. The van der Waals surface area contributed by atoms with Crippen LogP contribution in [-0.4, -0.2) is 17.5 Å². The van der Waals surface area contributed by atoms with Crippen molar-refractivity contribution in [2.24, 2.45) is 0 Å². The van der Waals surface area contributed by atoms with Crippen LogP contribution in [0.5, 0.6) is 5.75 Å². The molecule has 9 heteroatoms. The van der Waals surface area contributed by atoms with E-state index in [0.717, 1.165) is 5.56 Å². The molecule has 0 fully saturated rings. The molecule has 0 unspecified atom stereocenters. The minimum atomic E-state index is -0.725. The maximum absolute atomic E-state index is 12.3. The molecular weight excluding hydrogens is 462 g/mol. The molecule has 0 atom stereocenters. The number of nitrogen functional groups attached to an aromatic ring is 1. The second-order valence-corrected chi connectivity index (χ2v) is 7.48. The van der Waals surface area contributed by atoms with Crippen molar-refractivity contribution in [2.45, 2.75) is 6.92 Å². The normalized spacial score (nSPS) is 10.1. The van der Waals surface area contributed by atoms with Crippen LogP contribution in [0, 0.1) is 29.6 Å². The van der Waals surface area contributed by atoms with Gasteiger partial charge in [0.05, 0.1) is 0 Å². The highest BCUT2D eigenvalue weighted by molar-refractivity contribution is 9.10. The van der Waals surface area contributed by atoms with E-state index in [0.29, 0.717) is 10.2 Å². The van der Waals surface area contributed by atoms with Gasteiger partial charge in [0.1, 0.15) is 34.8 Å². The average molecular weight is 478 g/mol. The van der Waals surface area contributed by atoms with Crippen LogP contribution < -0.4 is 21.3 Å². The Balaban J connectivity index is 1.97. The zero-order chi connectivity index (χ0) is 22.5. The summed E-state index contributed by atoms with van der Waals surface area (Å²) in [5.41, 5.74) is 6.73. The largest absolute Gasteiger partial charge is 0.483 e. The van der Waals surface area contributed by atoms with Crippen LogP contribution >= 0.6 is 15.9 Å². The Labute approximate surface area is 186 Å². The van der Waals surface area contributed by atoms with E-state index in [1.54, 1.807) is 30.3 Å². The first-order valence-corrected chi connectivity index (χ1v) is 9.78. The maximum atomic E-state index is 12.3. The van der Waals surface area contributed by atoms with Gasteiger partial charge in [0.25, 0.3) is 11.5 Å². The van der Waals surface area contributed by atoms with Gasteiger partial charge in [-0.1, -0.05) is 33.6 Å². The van der Waals surface area contributed by atoms with Gasteiger partial charge in [-0.2, -0.15) is 10.5 Å². The van der Waals surface area contributed by atoms with E-state index in [1.807, 2.05) is 31.2 Å². The van der Waals surface area contributed by atoms with E-state index in [1.165, 1.54) is 0 Å². The number of nitriles is 2. The minimum absolute atomic E-state index is 0.0430. The third-order valence-electron chi connectivity index (χ3n) is 4.37. The molecule has 31 heavy (non-hydrogen) atoms. The number of nitrogens with two attached hydrogens (primary N) is 1. The Morgan fingerprint density at radius 2 is 1.84 bits per heavy atom. The first kappa shape index (κ1) is 21.6. The first-order valence-electron chi connectivity index (χ1n) is 8.99. The zero-order valence-electron chi connectivity index (χ0n) is 16.3. The summed E-state index contributed by atoms with van der Waals surface area (Å²) in [6.07, 6.45) is 0. The molecule has 0 aliphatic heterocycles. The van der Waals surface area contributed by atoms with Gasteiger partial charge < -0.3 is 20.8 Å². The van der Waals surface area contributed by atoms with E-state index in [2.05, 4.69) is 26.2 Å². The number of rotatable bonds is 5. The van der Waals surface area contributed by atoms with Crippen LogP contribution in [-0.2, 0) is 4.79 Å². The van der Waals surface area contributed by atoms with E-state index in [4.69, 9.17) is 10.5 Å². The second-order valence-electron chi connectivity index (χ2n) is 6.56. The summed E-state index contributed by atoms with van der Waals surface area (Å²) in [5, 5.41) is 21.8. The lowest BCUT2D eigenvalue weighted by Gasteiger charge is -2.15. The van der Waals surface area contributed by atoms with Gasteiger partial charge in [0.15, 0.2) is 6.61 Å². The molecule has 8 nitrogen and oxygen atoms in total. The number of anilines is 2. The number of nitrogens with one attached hydrogen (secondary N) is 2. The molecule has 0 saturated carbocycles. The van der Waals surface area contributed by atoms with Crippen LogP contribution in [0.3, 0.4) is 0 Å². The van der Waals surface area contributed by atoms with Gasteiger partial charge in [-0.05, 0) is 37.3 Å². The van der Waals surface area contributed by atoms with Crippen LogP contribution in [0.4, 0.5) is 11.5 Å². The Bertz CT molecular complexity index is 1300. The van der Waals surface area contributed by atoms with Gasteiger partial charge in [0, 0.05) is 21.3 Å². The average Bonchev–Trinajstić information content (AvgIpc) is 2.74. The third kappa shape index (κ3) is 4.74.